The molecule has 1 aromatic carbocycles. The highest BCUT2D eigenvalue weighted by Crippen LogP contribution is 2.29. The monoisotopic (exact) mass is 311 g/mol. The van der Waals surface area contributed by atoms with Crippen molar-refractivity contribution in [1.29, 1.82) is 0 Å². The molecular formula is C13H11BrClNO. The molecule has 0 unspecified atom stereocenters. The Kier molecular flexibility index (Phi) is 4.02. The summed E-state index contributed by atoms with van der Waals surface area (Å²) >= 11 is 9.19. The third-order valence-electron chi connectivity index (χ3n) is 2.30. The van der Waals surface area contributed by atoms with Crippen LogP contribution < -0.4 is 4.74 Å². The van der Waals surface area contributed by atoms with Gasteiger partial charge in [-0.05, 0) is 46.1 Å². The first kappa shape index (κ1) is 12.4. The molecule has 0 bridgehead atoms. The Hall–Kier alpha value is -1.06. The molecule has 1 aromatic heterocycles. The number of aryl methyl sites for hydroxylation is 1. The van der Waals surface area contributed by atoms with Crippen LogP contribution in [0.1, 0.15) is 12.5 Å². The number of hydrogen-bond acceptors (Lipinski definition) is 2. The smallest absolute Gasteiger partial charge is 0.233 e. The van der Waals surface area contributed by atoms with Crippen molar-refractivity contribution in [2.45, 2.75) is 13.3 Å². The van der Waals surface area contributed by atoms with E-state index in [4.69, 9.17) is 16.3 Å². The van der Waals surface area contributed by atoms with Crippen molar-refractivity contribution in [3.8, 4) is 11.6 Å². The Bertz CT molecular complexity index is 531. The van der Waals surface area contributed by atoms with Gasteiger partial charge in [0.1, 0.15) is 5.75 Å². The Morgan fingerprint density at radius 1 is 1.35 bits per heavy atom. The fourth-order valence-corrected chi connectivity index (χ4v) is 2.14. The van der Waals surface area contributed by atoms with E-state index >= 15 is 0 Å². The van der Waals surface area contributed by atoms with Gasteiger partial charge < -0.3 is 4.74 Å². The lowest BCUT2D eigenvalue weighted by Crippen LogP contribution is -1.90. The first-order valence-corrected chi connectivity index (χ1v) is 6.44. The van der Waals surface area contributed by atoms with Gasteiger partial charge in [0, 0.05) is 6.20 Å². The number of hydrogen-bond donors (Lipinski definition) is 0. The first-order chi connectivity index (χ1) is 8.19. The van der Waals surface area contributed by atoms with Crippen LogP contribution >= 0.6 is 27.5 Å². The van der Waals surface area contributed by atoms with E-state index in [1.165, 1.54) is 5.56 Å². The zero-order valence-electron chi connectivity index (χ0n) is 9.28. The van der Waals surface area contributed by atoms with Crippen molar-refractivity contribution < 1.29 is 4.74 Å². The van der Waals surface area contributed by atoms with Crippen LogP contribution in [0.3, 0.4) is 0 Å². The number of aromatic nitrogens is 1. The number of ether oxygens (including phenoxy) is 1. The van der Waals surface area contributed by atoms with Crippen LogP contribution in [0.2, 0.25) is 5.02 Å². The van der Waals surface area contributed by atoms with E-state index in [0.717, 1.165) is 16.6 Å². The highest BCUT2D eigenvalue weighted by atomic mass is 79.9. The molecule has 0 amide bonds. The maximum atomic E-state index is 5.82. The third-order valence-corrected chi connectivity index (χ3v) is 3.07. The van der Waals surface area contributed by atoms with Gasteiger partial charge >= 0.3 is 0 Å². The molecular weight excluding hydrogens is 302 g/mol. The average molecular weight is 313 g/mol. The van der Waals surface area contributed by atoms with Crippen LogP contribution in [-0.4, -0.2) is 4.98 Å². The standard InChI is InChI=1S/C13H11BrClNO/c1-2-9-4-3-5-11(6-9)17-13-12(14)7-10(15)8-16-13/h3-8H,2H2,1H3. The summed E-state index contributed by atoms with van der Waals surface area (Å²) in [7, 11) is 0. The second-order valence-electron chi connectivity index (χ2n) is 3.54. The van der Waals surface area contributed by atoms with Gasteiger partial charge in [-0.1, -0.05) is 30.7 Å². The second-order valence-corrected chi connectivity index (χ2v) is 4.83. The normalized spacial score (nSPS) is 10.3. The lowest BCUT2D eigenvalue weighted by atomic mass is 10.2. The average Bonchev–Trinajstić information content (AvgIpc) is 2.33. The number of nitrogens with zero attached hydrogens (tertiary/aromatic N) is 1. The molecule has 2 aromatic rings. The molecule has 17 heavy (non-hydrogen) atoms. The van der Waals surface area contributed by atoms with Gasteiger partial charge in [-0.2, -0.15) is 0 Å². The summed E-state index contributed by atoms with van der Waals surface area (Å²) in [6.07, 6.45) is 2.54. The Morgan fingerprint density at radius 3 is 2.88 bits per heavy atom. The minimum atomic E-state index is 0.516. The molecule has 4 heteroatoms. The molecule has 0 saturated heterocycles. The molecule has 0 atom stereocenters. The quantitative estimate of drug-likeness (QED) is 0.808. The topological polar surface area (TPSA) is 22.1 Å². The molecule has 0 aliphatic heterocycles. The predicted octanol–water partition coefficient (Wildman–Crippen LogP) is 4.85. The van der Waals surface area contributed by atoms with E-state index < -0.39 is 0 Å². The van der Waals surface area contributed by atoms with Crippen molar-refractivity contribution in [2.24, 2.45) is 0 Å². The molecule has 0 spiro atoms. The highest BCUT2D eigenvalue weighted by Gasteiger charge is 2.05. The first-order valence-electron chi connectivity index (χ1n) is 5.27. The summed E-state index contributed by atoms with van der Waals surface area (Å²) in [6, 6.07) is 9.70. The molecule has 0 aliphatic carbocycles. The molecule has 0 aliphatic rings. The molecule has 0 saturated carbocycles. The fourth-order valence-electron chi connectivity index (χ4n) is 1.42. The molecule has 0 radical (unpaired) electrons. The number of pyridine rings is 1. The SMILES string of the molecule is CCc1cccc(Oc2ncc(Cl)cc2Br)c1. The number of halogens is 2. The molecule has 2 nitrogen and oxygen atoms in total. The minimum Gasteiger partial charge on any atom is -0.438 e. The number of rotatable bonds is 3. The maximum Gasteiger partial charge on any atom is 0.233 e. The van der Waals surface area contributed by atoms with Crippen molar-refractivity contribution in [3.05, 3.63) is 51.6 Å². The summed E-state index contributed by atoms with van der Waals surface area (Å²) in [5.41, 5.74) is 1.23. The van der Waals surface area contributed by atoms with Gasteiger partial charge in [0.25, 0.3) is 0 Å². The largest absolute Gasteiger partial charge is 0.438 e. The van der Waals surface area contributed by atoms with Gasteiger partial charge in [-0.15, -0.1) is 0 Å². The summed E-state index contributed by atoms with van der Waals surface area (Å²) in [4.78, 5) is 4.13. The summed E-state index contributed by atoms with van der Waals surface area (Å²) in [5.74, 6) is 1.29. The minimum absolute atomic E-state index is 0.516. The molecule has 0 fully saturated rings. The van der Waals surface area contributed by atoms with Crippen molar-refractivity contribution in [1.82, 2.24) is 4.98 Å². The molecule has 0 N–H and O–H groups in total. The Balaban J connectivity index is 2.25. The summed E-state index contributed by atoms with van der Waals surface area (Å²) < 4.78 is 6.43. The summed E-state index contributed by atoms with van der Waals surface area (Å²) in [5, 5.41) is 0.575. The van der Waals surface area contributed by atoms with Crippen LogP contribution in [0.4, 0.5) is 0 Å². The summed E-state index contributed by atoms with van der Waals surface area (Å²) in [6.45, 7) is 2.11. The zero-order chi connectivity index (χ0) is 12.3. The van der Waals surface area contributed by atoms with Gasteiger partial charge in [-0.25, -0.2) is 4.98 Å². The van der Waals surface area contributed by atoms with Gasteiger partial charge in [-0.3, -0.25) is 0 Å². The van der Waals surface area contributed by atoms with Crippen molar-refractivity contribution in [2.75, 3.05) is 0 Å². The third kappa shape index (κ3) is 3.20. The molecule has 2 rings (SSSR count). The number of benzene rings is 1. The van der Waals surface area contributed by atoms with E-state index in [9.17, 15) is 0 Å². The Morgan fingerprint density at radius 2 is 2.18 bits per heavy atom. The van der Waals surface area contributed by atoms with E-state index in [2.05, 4.69) is 33.9 Å². The van der Waals surface area contributed by atoms with Gasteiger partial charge in [0.15, 0.2) is 0 Å². The van der Waals surface area contributed by atoms with E-state index in [-0.39, 0.29) is 0 Å². The highest BCUT2D eigenvalue weighted by molar-refractivity contribution is 9.10. The Labute approximate surface area is 114 Å². The lowest BCUT2D eigenvalue weighted by Gasteiger charge is -2.07. The zero-order valence-corrected chi connectivity index (χ0v) is 11.6. The maximum absolute atomic E-state index is 5.82. The van der Waals surface area contributed by atoms with Gasteiger partial charge in [0.2, 0.25) is 5.88 Å². The van der Waals surface area contributed by atoms with Gasteiger partial charge in [0.05, 0.1) is 9.50 Å². The molecule has 1 heterocycles. The second kappa shape index (κ2) is 5.52. The van der Waals surface area contributed by atoms with Crippen LogP contribution in [0.15, 0.2) is 41.0 Å². The van der Waals surface area contributed by atoms with Crippen LogP contribution in [-0.2, 0) is 6.42 Å². The predicted molar refractivity (Wildman–Crippen MR) is 72.8 cm³/mol. The fraction of sp³-hybridized carbons (Fsp3) is 0.154. The van der Waals surface area contributed by atoms with Crippen molar-refractivity contribution >= 4 is 27.5 Å². The molecule has 88 valence electrons. The van der Waals surface area contributed by atoms with Crippen molar-refractivity contribution in [3.63, 3.8) is 0 Å². The van der Waals surface area contributed by atoms with E-state index in [0.29, 0.717) is 10.9 Å². The lowest BCUT2D eigenvalue weighted by molar-refractivity contribution is 0.459. The van der Waals surface area contributed by atoms with E-state index in [1.54, 1.807) is 12.3 Å². The van der Waals surface area contributed by atoms with Crippen LogP contribution in [0.25, 0.3) is 0 Å². The van der Waals surface area contributed by atoms with Crippen LogP contribution in [0.5, 0.6) is 11.6 Å². The van der Waals surface area contributed by atoms with Crippen LogP contribution in [0, 0.1) is 0 Å². The van der Waals surface area contributed by atoms with E-state index in [1.807, 2.05) is 18.2 Å².